The predicted molar refractivity (Wildman–Crippen MR) is 157 cm³/mol. The second kappa shape index (κ2) is 9.25. The molecule has 1 aromatic carbocycles. The van der Waals surface area contributed by atoms with Crippen molar-refractivity contribution in [3.8, 4) is 17.2 Å². The second-order valence-corrected chi connectivity index (χ2v) is 32.1. The Morgan fingerprint density at radius 2 is 0.938 bits per heavy atom. The van der Waals surface area contributed by atoms with Gasteiger partial charge in [-0.3, -0.25) is 0 Å². The van der Waals surface area contributed by atoms with Crippen molar-refractivity contribution in [3.63, 3.8) is 0 Å². The van der Waals surface area contributed by atoms with Crippen molar-refractivity contribution in [3.05, 3.63) is 15.6 Å². The van der Waals surface area contributed by atoms with Gasteiger partial charge in [0, 0.05) is 0 Å². The molecule has 0 saturated carbocycles. The monoisotopic (exact) mass is 583 g/mol. The van der Waals surface area contributed by atoms with Crippen LogP contribution in [0.5, 0.6) is 17.2 Å². The SMILES string of the molecule is CC(C)(C)[SiH-](C)(C)Oc1cc(O[SiH-](C)(C)C(C)(C)C)c(O[SiH-](C)(C)C(C)(C)C)c(Cl)c1Br. The number of benzene rings is 1. The van der Waals surface area contributed by atoms with Crippen molar-refractivity contribution in [2.24, 2.45) is 0 Å². The van der Waals surface area contributed by atoms with Gasteiger partial charge in [0.15, 0.2) is 0 Å². The van der Waals surface area contributed by atoms with Gasteiger partial charge in [0.05, 0.1) is 0 Å². The van der Waals surface area contributed by atoms with Crippen molar-refractivity contribution in [1.82, 2.24) is 0 Å². The van der Waals surface area contributed by atoms with Crippen molar-refractivity contribution >= 4 is 52.5 Å². The fourth-order valence-electron chi connectivity index (χ4n) is 2.31. The molecule has 0 aliphatic carbocycles. The summed E-state index contributed by atoms with van der Waals surface area (Å²) >= 11 is 10.7. The summed E-state index contributed by atoms with van der Waals surface area (Å²) in [7, 11) is -7.36. The molecule has 32 heavy (non-hydrogen) atoms. The van der Waals surface area contributed by atoms with E-state index in [1.807, 2.05) is 6.07 Å². The number of hydrogen-bond acceptors (Lipinski definition) is 3. The third-order valence-corrected chi connectivity index (χ3v) is 25.0. The third kappa shape index (κ3) is 6.58. The van der Waals surface area contributed by atoms with Crippen molar-refractivity contribution < 1.29 is 13.3 Å². The molecule has 0 bridgehead atoms. The summed E-state index contributed by atoms with van der Waals surface area (Å²) in [5.41, 5.74) is 0. The van der Waals surface area contributed by atoms with E-state index in [-0.39, 0.29) is 15.1 Å². The van der Waals surface area contributed by atoms with Crippen LogP contribution in [0.2, 0.25) is 59.4 Å². The summed E-state index contributed by atoms with van der Waals surface area (Å²) in [5.74, 6) is 2.13. The molecule has 0 saturated heterocycles. The standard InChI is InChI=1S/C24H49BrClO3Si3/c1-22(2,3)30(10,11)27-17-16-18(28-31(12,13)23(4,5)6)21(20(26)19(17)25)29-32(14,15)24(7,8)9/h16,30-32H,1-15H3/q-3. The van der Waals surface area contributed by atoms with E-state index in [0.717, 1.165) is 16.0 Å². The van der Waals surface area contributed by atoms with Gasteiger partial charge in [-0.15, -0.1) is 0 Å². The Balaban J connectivity index is 3.74. The van der Waals surface area contributed by atoms with Crippen LogP contribution in [0.25, 0.3) is 0 Å². The minimum atomic E-state index is -2.48. The van der Waals surface area contributed by atoms with Gasteiger partial charge >= 0.3 is 215 Å². The Kier molecular flexibility index (Phi) is 8.69. The summed E-state index contributed by atoms with van der Waals surface area (Å²) in [6, 6.07) is 2.02. The molecular formula is C24H49BrClO3Si3-3. The van der Waals surface area contributed by atoms with Crippen LogP contribution in [-0.2, 0) is 0 Å². The molecule has 0 heterocycles. The maximum atomic E-state index is 6.98. The van der Waals surface area contributed by atoms with E-state index in [1.54, 1.807) is 0 Å². The van der Waals surface area contributed by atoms with Crippen LogP contribution in [0.4, 0.5) is 0 Å². The van der Waals surface area contributed by atoms with Crippen LogP contribution in [0.15, 0.2) is 10.5 Å². The Morgan fingerprint density at radius 3 is 1.28 bits per heavy atom. The van der Waals surface area contributed by atoms with Gasteiger partial charge in [0.2, 0.25) is 0 Å². The Hall–Kier alpha value is 0.0406. The molecule has 0 amide bonds. The van der Waals surface area contributed by atoms with Gasteiger partial charge in [-0.1, -0.05) is 0 Å². The Labute approximate surface area is 214 Å². The quantitative estimate of drug-likeness (QED) is 0.312. The van der Waals surface area contributed by atoms with Crippen LogP contribution in [-0.4, -0.2) is 25.0 Å². The molecule has 0 spiro atoms. The topological polar surface area (TPSA) is 27.7 Å². The molecule has 0 atom stereocenters. The zero-order chi connectivity index (χ0) is 25.7. The van der Waals surface area contributed by atoms with Crippen LogP contribution in [0, 0.1) is 0 Å². The van der Waals surface area contributed by atoms with Gasteiger partial charge in [0.25, 0.3) is 0 Å². The van der Waals surface area contributed by atoms with Crippen molar-refractivity contribution in [2.45, 2.75) is 117 Å². The molecule has 0 N–H and O–H groups in total. The van der Waals surface area contributed by atoms with Crippen molar-refractivity contribution in [2.75, 3.05) is 0 Å². The third-order valence-electron chi connectivity index (χ3n) is 8.61. The van der Waals surface area contributed by atoms with E-state index in [4.69, 9.17) is 24.9 Å². The molecule has 0 unspecified atom stereocenters. The molecular weight excluding hydrogens is 536 g/mol. The summed E-state index contributed by atoms with van der Waals surface area (Å²) in [6.07, 6.45) is 0. The molecule has 0 radical (unpaired) electrons. The Bertz CT molecular complexity index is 833. The average Bonchev–Trinajstić information content (AvgIpc) is 2.52. The molecule has 3 nitrogen and oxygen atoms in total. The molecule has 0 fully saturated rings. The van der Waals surface area contributed by atoms with Gasteiger partial charge < -0.3 is 0 Å². The van der Waals surface area contributed by atoms with E-state index < -0.39 is 25.0 Å². The Morgan fingerprint density at radius 1 is 0.625 bits per heavy atom. The maximum absolute atomic E-state index is 6.98. The first-order chi connectivity index (χ1) is 13.8. The van der Waals surface area contributed by atoms with Gasteiger partial charge in [-0.05, 0) is 0 Å². The van der Waals surface area contributed by atoms with Gasteiger partial charge in [0.1, 0.15) is 0 Å². The molecule has 1 aromatic rings. The van der Waals surface area contributed by atoms with Gasteiger partial charge in [-0.25, -0.2) is 0 Å². The molecule has 0 aromatic heterocycles. The van der Waals surface area contributed by atoms with E-state index in [9.17, 15) is 0 Å². The van der Waals surface area contributed by atoms with E-state index in [2.05, 4.69) is 118 Å². The van der Waals surface area contributed by atoms with Crippen molar-refractivity contribution in [1.29, 1.82) is 0 Å². The first-order valence-electron chi connectivity index (χ1n) is 12.1. The molecule has 192 valence electrons. The zero-order valence-corrected chi connectivity index (χ0v) is 29.1. The van der Waals surface area contributed by atoms with Crippen LogP contribution < -0.4 is 13.3 Å². The number of hydrogen-bond donors (Lipinski definition) is 0. The van der Waals surface area contributed by atoms with Crippen LogP contribution in [0.3, 0.4) is 0 Å². The molecule has 1 rings (SSSR count). The molecule has 0 aliphatic heterocycles. The first-order valence-corrected chi connectivity index (χ1v) is 23.4. The average molecular weight is 585 g/mol. The van der Waals surface area contributed by atoms with E-state index in [1.165, 1.54) is 0 Å². The summed E-state index contributed by atoms with van der Waals surface area (Å²) in [4.78, 5) is 0. The molecule has 0 aliphatic rings. The number of rotatable bonds is 6. The zero-order valence-electron chi connectivity index (χ0n) is 23.3. The number of halogens is 2. The predicted octanol–water partition coefficient (Wildman–Crippen LogP) is 9.45. The summed E-state index contributed by atoms with van der Waals surface area (Å²) in [6.45, 7) is 33.8. The minimum absolute atomic E-state index is 0.0665. The molecule has 8 heteroatoms. The summed E-state index contributed by atoms with van der Waals surface area (Å²) in [5, 5.41) is 0.781. The van der Waals surface area contributed by atoms with E-state index >= 15 is 0 Å². The van der Waals surface area contributed by atoms with Gasteiger partial charge in [-0.2, -0.15) is 0 Å². The fourth-order valence-corrected chi connectivity index (χ4v) is 6.69. The van der Waals surface area contributed by atoms with Crippen LogP contribution in [0.1, 0.15) is 62.3 Å². The second-order valence-electron chi connectivity index (χ2n) is 14.5. The van der Waals surface area contributed by atoms with E-state index in [0.29, 0.717) is 10.8 Å². The summed E-state index contributed by atoms with van der Waals surface area (Å²) < 4.78 is 21.1. The van der Waals surface area contributed by atoms with Crippen LogP contribution >= 0.6 is 27.5 Å². The normalized spacial score (nSPS) is 15.9. The fraction of sp³-hybridized carbons (Fsp3) is 0.750. The first kappa shape index (κ1) is 30.1.